The first-order valence-electron chi connectivity index (χ1n) is 11.2. The van der Waals surface area contributed by atoms with Crippen molar-refractivity contribution in [3.05, 3.63) is 46.6 Å². The molecule has 178 valence electrons. The van der Waals surface area contributed by atoms with Crippen molar-refractivity contribution in [1.29, 1.82) is 0 Å². The standard InChI is InChI=1S/C24H26ClFN6O2/c1-30-19-9-14-5-6-31(13-16(27)12-26)24(33)17(14)11-18(19)28-23(30)20-10-15-3-4-21(25)29-22(15)32(20)7-8-34-2/h3-4,9-11,16H,5-8,12-13,27H2,1-2H3/t16-/m1/s1. The van der Waals surface area contributed by atoms with Gasteiger partial charge in [0, 0.05) is 44.7 Å². The van der Waals surface area contributed by atoms with Gasteiger partial charge in [-0.05, 0) is 42.3 Å². The van der Waals surface area contributed by atoms with Crippen LogP contribution in [0.5, 0.6) is 0 Å². The molecule has 1 aromatic carbocycles. The minimum absolute atomic E-state index is 0.132. The SMILES string of the molecule is COCCn1c(-c2nc3cc4c(cc3n2C)CCN(C[C@H](N)CF)C4=O)cc2ccc(Cl)nc21. The van der Waals surface area contributed by atoms with E-state index in [1.165, 1.54) is 0 Å². The zero-order valence-corrected chi connectivity index (χ0v) is 19.8. The highest BCUT2D eigenvalue weighted by Gasteiger charge is 2.27. The number of rotatable bonds is 7. The molecule has 34 heavy (non-hydrogen) atoms. The first-order valence-corrected chi connectivity index (χ1v) is 11.5. The molecular weight excluding hydrogens is 459 g/mol. The van der Waals surface area contributed by atoms with Crippen molar-refractivity contribution in [2.24, 2.45) is 12.8 Å². The molecule has 0 radical (unpaired) electrons. The number of aromatic nitrogens is 4. The lowest BCUT2D eigenvalue weighted by Crippen LogP contribution is -2.45. The monoisotopic (exact) mass is 484 g/mol. The van der Waals surface area contributed by atoms with E-state index in [2.05, 4.69) is 9.55 Å². The Morgan fingerprint density at radius 3 is 2.85 bits per heavy atom. The number of pyridine rings is 1. The van der Waals surface area contributed by atoms with Crippen molar-refractivity contribution in [3.63, 3.8) is 0 Å². The molecule has 2 N–H and O–H groups in total. The highest BCUT2D eigenvalue weighted by molar-refractivity contribution is 6.29. The summed E-state index contributed by atoms with van der Waals surface area (Å²) < 4.78 is 22.3. The Bertz CT molecular complexity index is 1400. The maximum absolute atomic E-state index is 13.1. The third kappa shape index (κ3) is 3.83. The number of alkyl halides is 1. The molecular formula is C24H26ClFN6O2. The Balaban J connectivity index is 1.61. The van der Waals surface area contributed by atoms with Gasteiger partial charge in [0.1, 0.15) is 17.5 Å². The van der Waals surface area contributed by atoms with Gasteiger partial charge < -0.3 is 24.5 Å². The van der Waals surface area contributed by atoms with Crippen LogP contribution in [0.4, 0.5) is 4.39 Å². The molecule has 0 spiro atoms. The van der Waals surface area contributed by atoms with Gasteiger partial charge in [0.15, 0.2) is 5.82 Å². The van der Waals surface area contributed by atoms with Crippen LogP contribution in [-0.2, 0) is 24.8 Å². The van der Waals surface area contributed by atoms with E-state index in [1.807, 2.05) is 35.9 Å². The Kier molecular flexibility index (Phi) is 6.01. The molecule has 3 aromatic heterocycles. The summed E-state index contributed by atoms with van der Waals surface area (Å²) in [6.45, 7) is 1.17. The Labute approximate surface area is 201 Å². The van der Waals surface area contributed by atoms with Crippen LogP contribution in [-0.4, -0.2) is 69.4 Å². The fourth-order valence-electron chi connectivity index (χ4n) is 4.65. The van der Waals surface area contributed by atoms with E-state index in [1.54, 1.807) is 18.1 Å². The summed E-state index contributed by atoms with van der Waals surface area (Å²) in [6, 6.07) is 8.94. The zero-order valence-electron chi connectivity index (χ0n) is 19.1. The molecule has 4 heterocycles. The minimum Gasteiger partial charge on any atom is -0.383 e. The lowest BCUT2D eigenvalue weighted by Gasteiger charge is -2.30. The summed E-state index contributed by atoms with van der Waals surface area (Å²) in [5.74, 6) is 0.624. The van der Waals surface area contributed by atoms with Gasteiger partial charge in [-0.3, -0.25) is 4.79 Å². The number of imidazole rings is 1. The number of fused-ring (bicyclic) bond motifs is 3. The van der Waals surface area contributed by atoms with E-state index < -0.39 is 12.7 Å². The van der Waals surface area contributed by atoms with Gasteiger partial charge in [0.25, 0.3) is 5.91 Å². The van der Waals surface area contributed by atoms with Crippen LogP contribution in [0.15, 0.2) is 30.3 Å². The average Bonchev–Trinajstić information content (AvgIpc) is 3.35. The number of amides is 1. The van der Waals surface area contributed by atoms with Crippen molar-refractivity contribution in [1.82, 2.24) is 24.0 Å². The highest BCUT2D eigenvalue weighted by atomic mass is 35.5. The predicted molar refractivity (Wildman–Crippen MR) is 130 cm³/mol. The molecule has 0 bridgehead atoms. The summed E-state index contributed by atoms with van der Waals surface area (Å²) in [5, 5.41) is 1.38. The fraction of sp³-hybridized carbons (Fsp3) is 0.375. The number of nitrogens with zero attached hydrogens (tertiary/aromatic N) is 5. The summed E-state index contributed by atoms with van der Waals surface area (Å²) in [5.41, 5.74) is 10.6. The van der Waals surface area contributed by atoms with Gasteiger partial charge in [0.2, 0.25) is 0 Å². The van der Waals surface area contributed by atoms with Crippen molar-refractivity contribution in [3.8, 4) is 11.5 Å². The average molecular weight is 485 g/mol. The van der Waals surface area contributed by atoms with Gasteiger partial charge in [-0.2, -0.15) is 0 Å². The van der Waals surface area contributed by atoms with Crippen LogP contribution >= 0.6 is 11.6 Å². The number of aryl methyl sites for hydroxylation is 1. The Morgan fingerprint density at radius 2 is 2.09 bits per heavy atom. The molecule has 0 unspecified atom stereocenters. The number of halogens is 2. The quantitative estimate of drug-likeness (QED) is 0.407. The van der Waals surface area contributed by atoms with Gasteiger partial charge >= 0.3 is 0 Å². The molecule has 8 nitrogen and oxygen atoms in total. The van der Waals surface area contributed by atoms with E-state index in [4.69, 9.17) is 27.1 Å². The number of methoxy groups -OCH3 is 1. The topological polar surface area (TPSA) is 91.2 Å². The van der Waals surface area contributed by atoms with Crippen molar-refractivity contribution >= 4 is 39.6 Å². The summed E-state index contributed by atoms with van der Waals surface area (Å²) >= 11 is 6.17. The van der Waals surface area contributed by atoms with Crippen LogP contribution in [0.25, 0.3) is 33.6 Å². The van der Waals surface area contributed by atoms with Crippen LogP contribution in [0.1, 0.15) is 15.9 Å². The summed E-state index contributed by atoms with van der Waals surface area (Å²) in [6.07, 6.45) is 0.688. The van der Waals surface area contributed by atoms with Gasteiger partial charge in [-0.1, -0.05) is 11.6 Å². The molecule has 4 aromatic rings. The molecule has 0 saturated heterocycles. The second-order valence-electron chi connectivity index (χ2n) is 8.63. The smallest absolute Gasteiger partial charge is 0.254 e. The van der Waals surface area contributed by atoms with Crippen LogP contribution < -0.4 is 5.73 Å². The van der Waals surface area contributed by atoms with Gasteiger partial charge in [0.05, 0.1) is 29.4 Å². The third-order valence-corrected chi connectivity index (χ3v) is 6.60. The van der Waals surface area contributed by atoms with Gasteiger partial charge in [-0.25, -0.2) is 14.4 Å². The fourth-order valence-corrected chi connectivity index (χ4v) is 4.79. The van der Waals surface area contributed by atoms with Crippen molar-refractivity contribution in [2.45, 2.75) is 19.0 Å². The molecule has 1 aliphatic rings. The maximum atomic E-state index is 13.1. The normalized spacial score (nSPS) is 14.9. The number of carbonyl (C=O) groups excluding carboxylic acids is 1. The molecule has 0 fully saturated rings. The first-order chi connectivity index (χ1) is 16.4. The van der Waals surface area contributed by atoms with Gasteiger partial charge in [-0.15, -0.1) is 0 Å². The van der Waals surface area contributed by atoms with Crippen molar-refractivity contribution < 1.29 is 13.9 Å². The third-order valence-electron chi connectivity index (χ3n) is 6.39. The summed E-state index contributed by atoms with van der Waals surface area (Å²) in [7, 11) is 3.62. The highest BCUT2D eigenvalue weighted by Crippen LogP contribution is 2.32. The Morgan fingerprint density at radius 1 is 1.26 bits per heavy atom. The molecule has 10 heteroatoms. The lowest BCUT2D eigenvalue weighted by molar-refractivity contribution is 0.0725. The van der Waals surface area contributed by atoms with Crippen molar-refractivity contribution in [2.75, 3.05) is 33.5 Å². The molecule has 5 rings (SSSR count). The zero-order chi connectivity index (χ0) is 24.0. The number of ether oxygens (including phenoxy) is 1. The van der Waals surface area contributed by atoms with E-state index in [0.717, 1.165) is 39.1 Å². The second kappa shape index (κ2) is 8.98. The number of carbonyl (C=O) groups is 1. The number of hydrogen-bond donors (Lipinski definition) is 1. The maximum Gasteiger partial charge on any atom is 0.254 e. The first kappa shape index (κ1) is 22.8. The number of nitrogens with two attached hydrogens (primary N) is 1. The minimum atomic E-state index is -0.674. The van der Waals surface area contributed by atoms with Crippen LogP contribution in [0.2, 0.25) is 5.15 Å². The van der Waals surface area contributed by atoms with Crippen LogP contribution in [0.3, 0.4) is 0 Å². The predicted octanol–water partition coefficient (Wildman–Crippen LogP) is 3.18. The molecule has 1 aliphatic heterocycles. The van der Waals surface area contributed by atoms with E-state index in [9.17, 15) is 9.18 Å². The Hall–Kier alpha value is -3.01. The number of hydrogen-bond acceptors (Lipinski definition) is 5. The van der Waals surface area contributed by atoms with E-state index >= 15 is 0 Å². The molecule has 0 saturated carbocycles. The molecule has 1 atom stereocenters. The summed E-state index contributed by atoms with van der Waals surface area (Å²) in [4.78, 5) is 24.1. The van der Waals surface area contributed by atoms with Crippen LogP contribution in [0, 0.1) is 0 Å². The van der Waals surface area contributed by atoms with E-state index in [0.29, 0.717) is 36.8 Å². The molecule has 1 amide bonds. The number of benzene rings is 1. The molecule has 0 aliphatic carbocycles. The lowest BCUT2D eigenvalue weighted by atomic mass is 9.97. The van der Waals surface area contributed by atoms with E-state index in [-0.39, 0.29) is 12.5 Å². The second-order valence-corrected chi connectivity index (χ2v) is 9.02. The largest absolute Gasteiger partial charge is 0.383 e.